The largest absolute Gasteiger partial charge is 0.306 e. The minimum absolute atomic E-state index is 0.325. The lowest BCUT2D eigenvalue weighted by Crippen LogP contribution is -2.06. The molecule has 18 heavy (non-hydrogen) atoms. The summed E-state index contributed by atoms with van der Waals surface area (Å²) in [6.07, 6.45) is -0.649. The normalized spacial score (nSPS) is 24.2. The van der Waals surface area contributed by atoms with E-state index in [1.165, 1.54) is 0 Å². The zero-order valence-electron chi connectivity index (χ0n) is 9.56. The summed E-state index contributed by atoms with van der Waals surface area (Å²) in [5, 5.41) is 0. The predicted octanol–water partition coefficient (Wildman–Crippen LogP) is 3.09. The van der Waals surface area contributed by atoms with Crippen molar-refractivity contribution < 1.29 is 12.6 Å². The first-order chi connectivity index (χ1) is 8.84. The molecule has 0 N–H and O–H groups in total. The lowest BCUT2D eigenvalue weighted by molar-refractivity contribution is 0.159. The van der Waals surface area contributed by atoms with E-state index in [1.54, 1.807) is 0 Å². The molecular formula is C14H12O3S. The van der Waals surface area contributed by atoms with Gasteiger partial charge in [0.1, 0.15) is 12.2 Å². The monoisotopic (exact) mass is 260 g/mol. The van der Waals surface area contributed by atoms with Gasteiger partial charge in [-0.1, -0.05) is 60.7 Å². The van der Waals surface area contributed by atoms with E-state index in [2.05, 4.69) is 0 Å². The van der Waals surface area contributed by atoms with E-state index in [-0.39, 0.29) is 12.2 Å². The van der Waals surface area contributed by atoms with Crippen LogP contribution in [0.4, 0.5) is 0 Å². The van der Waals surface area contributed by atoms with Gasteiger partial charge < -0.3 is 0 Å². The Morgan fingerprint density at radius 1 is 0.722 bits per heavy atom. The van der Waals surface area contributed by atoms with Crippen molar-refractivity contribution in [1.29, 1.82) is 0 Å². The molecule has 2 aromatic carbocycles. The maximum atomic E-state index is 11.5. The van der Waals surface area contributed by atoms with Crippen molar-refractivity contribution in [2.45, 2.75) is 12.2 Å². The van der Waals surface area contributed by atoms with Gasteiger partial charge in [-0.05, 0) is 11.1 Å². The molecule has 1 aliphatic rings. The first-order valence-electron chi connectivity index (χ1n) is 5.70. The summed E-state index contributed by atoms with van der Waals surface area (Å²) in [6.45, 7) is 0. The van der Waals surface area contributed by atoms with Crippen LogP contribution in [0.15, 0.2) is 60.7 Å². The Bertz CT molecular complexity index is 492. The topological polar surface area (TPSA) is 35.5 Å². The second kappa shape index (κ2) is 5.02. The Hall–Kier alpha value is -1.49. The molecule has 4 heteroatoms. The van der Waals surface area contributed by atoms with Crippen molar-refractivity contribution in [1.82, 2.24) is 0 Å². The van der Waals surface area contributed by atoms with E-state index in [0.29, 0.717) is 0 Å². The van der Waals surface area contributed by atoms with E-state index in [9.17, 15) is 4.21 Å². The van der Waals surface area contributed by atoms with Crippen molar-refractivity contribution in [2.24, 2.45) is 0 Å². The highest BCUT2D eigenvalue weighted by molar-refractivity contribution is 7.75. The molecule has 2 aromatic rings. The standard InChI is InChI=1S/C14H12O3S/c15-18-16-13(11-7-3-1-4-8-11)14(17-18)12-9-5-2-6-10-12/h1-10,13-14H/t13-,14-/m0/s1. The molecule has 0 amide bonds. The second-order valence-corrected chi connectivity index (χ2v) is 4.85. The molecule has 3 nitrogen and oxygen atoms in total. The van der Waals surface area contributed by atoms with Gasteiger partial charge in [0.25, 0.3) is 0 Å². The Morgan fingerprint density at radius 3 is 1.50 bits per heavy atom. The molecule has 1 aliphatic heterocycles. The molecule has 0 saturated carbocycles. The van der Waals surface area contributed by atoms with Gasteiger partial charge in [-0.25, -0.2) is 0 Å². The summed E-state index contributed by atoms with van der Waals surface area (Å²) in [4.78, 5) is 0. The molecule has 0 unspecified atom stereocenters. The molecule has 1 fully saturated rings. The summed E-state index contributed by atoms with van der Waals surface area (Å²) in [7, 11) is 0. The van der Waals surface area contributed by atoms with Gasteiger partial charge in [-0.2, -0.15) is 4.21 Å². The van der Waals surface area contributed by atoms with E-state index in [0.717, 1.165) is 11.1 Å². The minimum Gasteiger partial charge on any atom is -0.257 e. The molecule has 1 heterocycles. The third-order valence-electron chi connectivity index (χ3n) is 2.90. The minimum atomic E-state index is -1.68. The average Bonchev–Trinajstić information content (AvgIpc) is 2.83. The molecular weight excluding hydrogens is 248 g/mol. The van der Waals surface area contributed by atoms with Crippen molar-refractivity contribution in [3.05, 3.63) is 71.8 Å². The lowest BCUT2D eigenvalue weighted by atomic mass is 9.99. The summed E-state index contributed by atoms with van der Waals surface area (Å²) in [5.74, 6) is 0. The molecule has 3 rings (SSSR count). The Kier molecular flexibility index (Phi) is 3.23. The van der Waals surface area contributed by atoms with Gasteiger partial charge in [-0.15, -0.1) is 0 Å². The first-order valence-corrected chi connectivity index (χ1v) is 6.70. The van der Waals surface area contributed by atoms with Crippen LogP contribution in [0.5, 0.6) is 0 Å². The van der Waals surface area contributed by atoms with Crippen LogP contribution in [0.2, 0.25) is 0 Å². The summed E-state index contributed by atoms with van der Waals surface area (Å²) < 4.78 is 22.2. The Balaban J connectivity index is 1.96. The highest BCUT2D eigenvalue weighted by atomic mass is 32.2. The molecule has 0 radical (unpaired) electrons. The summed E-state index contributed by atoms with van der Waals surface area (Å²) in [5.41, 5.74) is 1.94. The van der Waals surface area contributed by atoms with Crippen LogP contribution in [0.3, 0.4) is 0 Å². The first kappa shape index (κ1) is 11.6. The fourth-order valence-corrected chi connectivity index (χ4v) is 2.85. The van der Waals surface area contributed by atoms with Gasteiger partial charge in [0.05, 0.1) is 0 Å². The predicted molar refractivity (Wildman–Crippen MR) is 68.7 cm³/mol. The van der Waals surface area contributed by atoms with Crippen LogP contribution in [-0.2, 0) is 19.7 Å². The van der Waals surface area contributed by atoms with Crippen LogP contribution in [0.1, 0.15) is 23.3 Å². The van der Waals surface area contributed by atoms with Gasteiger partial charge in [0.2, 0.25) is 0 Å². The fraction of sp³-hybridized carbons (Fsp3) is 0.143. The van der Waals surface area contributed by atoms with Crippen molar-refractivity contribution in [2.75, 3.05) is 0 Å². The molecule has 92 valence electrons. The van der Waals surface area contributed by atoms with Crippen molar-refractivity contribution in [3.63, 3.8) is 0 Å². The van der Waals surface area contributed by atoms with Crippen LogP contribution in [0, 0.1) is 0 Å². The van der Waals surface area contributed by atoms with Crippen molar-refractivity contribution in [3.8, 4) is 0 Å². The van der Waals surface area contributed by atoms with Crippen LogP contribution in [0.25, 0.3) is 0 Å². The van der Waals surface area contributed by atoms with E-state index in [1.807, 2.05) is 60.7 Å². The summed E-state index contributed by atoms with van der Waals surface area (Å²) >= 11 is -1.68. The molecule has 2 atom stereocenters. The molecule has 1 saturated heterocycles. The Morgan fingerprint density at radius 2 is 1.11 bits per heavy atom. The zero-order chi connectivity index (χ0) is 12.4. The number of rotatable bonds is 2. The SMILES string of the molecule is O=S1O[C@@H](c2ccccc2)[C@H](c2ccccc2)O1. The van der Waals surface area contributed by atoms with Crippen LogP contribution < -0.4 is 0 Å². The quantitative estimate of drug-likeness (QED) is 0.832. The fourth-order valence-electron chi connectivity index (χ4n) is 2.04. The van der Waals surface area contributed by atoms with Gasteiger partial charge in [0, 0.05) is 0 Å². The molecule has 0 aromatic heterocycles. The zero-order valence-corrected chi connectivity index (χ0v) is 10.4. The maximum absolute atomic E-state index is 11.5. The highest BCUT2D eigenvalue weighted by Crippen LogP contribution is 2.41. The van der Waals surface area contributed by atoms with Gasteiger partial charge in [-0.3, -0.25) is 8.37 Å². The lowest BCUT2D eigenvalue weighted by Gasteiger charge is -2.15. The third-order valence-corrected chi connectivity index (χ3v) is 3.62. The smallest absolute Gasteiger partial charge is 0.257 e. The summed E-state index contributed by atoms with van der Waals surface area (Å²) in [6, 6.07) is 19.4. The maximum Gasteiger partial charge on any atom is 0.306 e. The number of benzene rings is 2. The third kappa shape index (κ3) is 2.22. The van der Waals surface area contributed by atoms with Crippen molar-refractivity contribution >= 4 is 11.4 Å². The van der Waals surface area contributed by atoms with Gasteiger partial charge >= 0.3 is 11.4 Å². The van der Waals surface area contributed by atoms with Crippen LogP contribution >= 0.6 is 0 Å². The molecule has 0 bridgehead atoms. The average molecular weight is 260 g/mol. The van der Waals surface area contributed by atoms with E-state index >= 15 is 0 Å². The number of hydrogen-bond acceptors (Lipinski definition) is 3. The highest BCUT2D eigenvalue weighted by Gasteiger charge is 2.37. The van der Waals surface area contributed by atoms with E-state index < -0.39 is 11.4 Å². The van der Waals surface area contributed by atoms with Crippen LogP contribution in [-0.4, -0.2) is 4.21 Å². The number of hydrogen-bond donors (Lipinski definition) is 0. The molecule has 0 spiro atoms. The second-order valence-electron chi connectivity index (χ2n) is 4.06. The molecule has 0 aliphatic carbocycles. The van der Waals surface area contributed by atoms with Gasteiger partial charge in [0.15, 0.2) is 0 Å². The Labute approximate surface area is 108 Å². The van der Waals surface area contributed by atoms with E-state index in [4.69, 9.17) is 8.37 Å².